The molecule has 0 saturated carbocycles. The smallest absolute Gasteiger partial charge is 0.362 e. The van der Waals surface area contributed by atoms with Crippen LogP contribution in [-0.2, 0) is 0 Å². The van der Waals surface area contributed by atoms with Gasteiger partial charge in [-0.25, -0.2) is 4.99 Å². The number of thioether (sulfide) groups is 1. The molecular formula is C16H13F3N2OS. The van der Waals surface area contributed by atoms with E-state index in [4.69, 9.17) is 0 Å². The van der Waals surface area contributed by atoms with Crippen LogP contribution in [0.4, 0.5) is 24.5 Å². The van der Waals surface area contributed by atoms with E-state index in [0.29, 0.717) is 5.69 Å². The van der Waals surface area contributed by atoms with Crippen LogP contribution in [0.25, 0.3) is 0 Å². The molecule has 0 amide bonds. The van der Waals surface area contributed by atoms with Gasteiger partial charge >= 0.3 is 6.18 Å². The molecule has 2 aromatic rings. The Hall–Kier alpha value is -1.99. The second-order valence-corrected chi connectivity index (χ2v) is 5.95. The number of rotatable bonds is 2. The summed E-state index contributed by atoms with van der Waals surface area (Å²) >= 11 is 0.880. The lowest BCUT2D eigenvalue weighted by molar-refractivity contribution is -0.244. The predicted octanol–water partition coefficient (Wildman–Crippen LogP) is 4.18. The molecule has 3 rings (SSSR count). The van der Waals surface area contributed by atoms with Gasteiger partial charge in [-0.05, 0) is 24.3 Å². The van der Waals surface area contributed by atoms with E-state index in [-0.39, 0.29) is 10.9 Å². The first kappa shape index (κ1) is 15.9. The molecule has 1 aliphatic heterocycles. The molecule has 23 heavy (non-hydrogen) atoms. The van der Waals surface area contributed by atoms with Crippen LogP contribution < -0.4 is 4.90 Å². The highest BCUT2D eigenvalue weighted by atomic mass is 32.2. The molecule has 120 valence electrons. The molecule has 7 heteroatoms. The van der Waals surface area contributed by atoms with Crippen molar-refractivity contribution >= 4 is 28.3 Å². The fourth-order valence-electron chi connectivity index (χ4n) is 2.26. The molecule has 0 aromatic heterocycles. The van der Waals surface area contributed by atoms with Gasteiger partial charge in [0.05, 0.1) is 11.4 Å². The highest BCUT2D eigenvalue weighted by Crippen LogP contribution is 2.45. The summed E-state index contributed by atoms with van der Waals surface area (Å²) in [6.45, 7) is 0. The van der Waals surface area contributed by atoms with Crippen LogP contribution in [0.5, 0.6) is 0 Å². The predicted molar refractivity (Wildman–Crippen MR) is 85.9 cm³/mol. The monoisotopic (exact) mass is 338 g/mol. The zero-order valence-corrected chi connectivity index (χ0v) is 12.7. The third-order valence-electron chi connectivity index (χ3n) is 3.41. The Morgan fingerprint density at radius 1 is 1.00 bits per heavy atom. The third kappa shape index (κ3) is 2.94. The van der Waals surface area contributed by atoms with Crippen molar-refractivity contribution in [3.05, 3.63) is 60.7 Å². The van der Waals surface area contributed by atoms with E-state index in [2.05, 4.69) is 4.99 Å². The summed E-state index contributed by atoms with van der Waals surface area (Å²) in [7, 11) is 0. The minimum Gasteiger partial charge on any atom is -0.362 e. The molecule has 0 unspecified atom stereocenters. The number of nitrogens with zero attached hydrogens (tertiary/aromatic N) is 2. The van der Waals surface area contributed by atoms with Crippen molar-refractivity contribution in [3.63, 3.8) is 0 Å². The number of anilines is 1. The highest BCUT2D eigenvalue weighted by molar-refractivity contribution is 8.14. The van der Waals surface area contributed by atoms with E-state index < -0.39 is 17.7 Å². The van der Waals surface area contributed by atoms with E-state index in [0.717, 1.165) is 16.7 Å². The average molecular weight is 338 g/mol. The van der Waals surface area contributed by atoms with Crippen LogP contribution >= 0.6 is 11.8 Å². The number of halogens is 3. The summed E-state index contributed by atoms with van der Waals surface area (Å²) in [5.74, 6) is -0.531. The summed E-state index contributed by atoms with van der Waals surface area (Å²) in [6.07, 6.45) is -4.80. The fourth-order valence-corrected chi connectivity index (χ4v) is 3.44. The molecule has 1 saturated heterocycles. The number of aliphatic hydroxyl groups is 1. The highest BCUT2D eigenvalue weighted by Gasteiger charge is 2.62. The molecule has 1 fully saturated rings. The molecular weight excluding hydrogens is 325 g/mol. The Labute approximate surface area is 135 Å². The number of hydrogen-bond donors (Lipinski definition) is 1. The maximum absolute atomic E-state index is 13.4. The summed E-state index contributed by atoms with van der Waals surface area (Å²) in [6, 6.07) is 16.7. The summed E-state index contributed by atoms with van der Waals surface area (Å²) in [4.78, 5) is 5.12. The lowest BCUT2D eigenvalue weighted by Gasteiger charge is -2.35. The molecule has 1 N–H and O–H groups in total. The van der Waals surface area contributed by atoms with Gasteiger partial charge in [0, 0.05) is 5.69 Å². The van der Waals surface area contributed by atoms with Crippen LogP contribution in [0.15, 0.2) is 65.7 Å². The van der Waals surface area contributed by atoms with Crippen molar-refractivity contribution in [1.29, 1.82) is 0 Å². The minimum atomic E-state index is -4.80. The largest absolute Gasteiger partial charge is 0.437 e. The van der Waals surface area contributed by atoms with Gasteiger partial charge in [-0.15, -0.1) is 0 Å². The zero-order chi connectivity index (χ0) is 16.5. The quantitative estimate of drug-likeness (QED) is 0.892. The van der Waals surface area contributed by atoms with Crippen LogP contribution in [0, 0.1) is 0 Å². The lowest BCUT2D eigenvalue weighted by Crippen LogP contribution is -2.58. The van der Waals surface area contributed by atoms with Crippen LogP contribution in [0.3, 0.4) is 0 Å². The number of amidine groups is 1. The third-order valence-corrected chi connectivity index (χ3v) is 4.49. The molecule has 1 aliphatic rings. The number of benzene rings is 2. The number of aliphatic imine (C=N–C) groups is 1. The van der Waals surface area contributed by atoms with Crippen LogP contribution in [0.1, 0.15) is 0 Å². The molecule has 3 nitrogen and oxygen atoms in total. The Morgan fingerprint density at radius 3 is 2.13 bits per heavy atom. The number of hydrogen-bond acceptors (Lipinski definition) is 3. The van der Waals surface area contributed by atoms with Gasteiger partial charge in [-0.3, -0.25) is 4.90 Å². The van der Waals surface area contributed by atoms with E-state index >= 15 is 0 Å². The molecule has 0 aliphatic carbocycles. The van der Waals surface area contributed by atoms with Crippen molar-refractivity contribution in [2.75, 3.05) is 10.7 Å². The fraction of sp³-hybridized carbons (Fsp3) is 0.188. The maximum atomic E-state index is 13.4. The minimum absolute atomic E-state index is 0.113. The van der Waals surface area contributed by atoms with Gasteiger partial charge in [-0.2, -0.15) is 13.2 Å². The van der Waals surface area contributed by atoms with Crippen molar-refractivity contribution in [3.8, 4) is 0 Å². The first-order valence-electron chi connectivity index (χ1n) is 6.83. The Kier molecular flexibility index (Phi) is 4.08. The summed E-state index contributed by atoms with van der Waals surface area (Å²) in [5.41, 5.74) is -2.21. The molecule has 1 heterocycles. The van der Waals surface area contributed by atoms with Crippen LogP contribution in [-0.4, -0.2) is 27.9 Å². The van der Waals surface area contributed by atoms with Gasteiger partial charge in [0.1, 0.15) is 0 Å². The Bertz CT molecular complexity index is 706. The van der Waals surface area contributed by atoms with Gasteiger partial charge in [-0.1, -0.05) is 48.2 Å². The Morgan fingerprint density at radius 2 is 1.57 bits per heavy atom. The second kappa shape index (κ2) is 5.90. The summed E-state index contributed by atoms with van der Waals surface area (Å²) in [5, 5.41) is 10.4. The first-order chi connectivity index (χ1) is 10.9. The molecule has 0 bridgehead atoms. The van der Waals surface area contributed by atoms with Crippen molar-refractivity contribution in [2.24, 2.45) is 4.99 Å². The van der Waals surface area contributed by atoms with Crippen molar-refractivity contribution in [2.45, 2.75) is 11.9 Å². The SMILES string of the molecule is O[C@@]1(C(F)(F)F)CSC(=Nc2ccccc2)N1c1ccccc1. The van der Waals surface area contributed by atoms with E-state index in [1.54, 1.807) is 48.5 Å². The molecule has 1 atom stereocenters. The number of alkyl halides is 3. The topological polar surface area (TPSA) is 35.8 Å². The van der Waals surface area contributed by atoms with E-state index in [1.807, 2.05) is 0 Å². The van der Waals surface area contributed by atoms with Gasteiger partial charge in [0.15, 0.2) is 5.17 Å². The standard InChI is InChI=1S/C16H13F3N2OS/c17-16(18,19)15(22)11-23-14(20-12-7-3-1-4-8-12)21(15)13-9-5-2-6-10-13/h1-10,22H,11H2/t15-/m1/s1. The van der Waals surface area contributed by atoms with E-state index in [9.17, 15) is 18.3 Å². The Balaban J connectivity index is 2.09. The lowest BCUT2D eigenvalue weighted by atomic mass is 10.2. The molecule has 2 aromatic carbocycles. The van der Waals surface area contributed by atoms with E-state index in [1.165, 1.54) is 12.1 Å². The average Bonchev–Trinajstić information content (AvgIpc) is 2.87. The second-order valence-electron chi connectivity index (χ2n) is 5.00. The normalized spacial score (nSPS) is 23.5. The van der Waals surface area contributed by atoms with Gasteiger partial charge in [0.2, 0.25) is 0 Å². The van der Waals surface area contributed by atoms with Crippen LogP contribution in [0.2, 0.25) is 0 Å². The van der Waals surface area contributed by atoms with Crippen molar-refractivity contribution in [1.82, 2.24) is 0 Å². The number of para-hydroxylation sites is 2. The maximum Gasteiger partial charge on any atom is 0.437 e. The van der Waals surface area contributed by atoms with Gasteiger partial charge in [0.25, 0.3) is 5.72 Å². The van der Waals surface area contributed by atoms with Gasteiger partial charge < -0.3 is 5.11 Å². The zero-order valence-electron chi connectivity index (χ0n) is 11.9. The molecule has 0 spiro atoms. The summed E-state index contributed by atoms with van der Waals surface area (Å²) < 4.78 is 40.3. The first-order valence-corrected chi connectivity index (χ1v) is 7.81. The van der Waals surface area contributed by atoms with Crippen molar-refractivity contribution < 1.29 is 18.3 Å². The molecule has 0 radical (unpaired) electrons.